The molecule has 1 aromatic carbocycles. The van der Waals surface area contributed by atoms with Crippen LogP contribution in [0, 0.1) is 6.92 Å². The van der Waals surface area contributed by atoms with Crippen molar-refractivity contribution in [2.45, 2.75) is 45.9 Å². The third-order valence-corrected chi connectivity index (χ3v) is 4.56. The van der Waals surface area contributed by atoms with Gasteiger partial charge < -0.3 is 19.9 Å². The van der Waals surface area contributed by atoms with E-state index in [1.807, 2.05) is 20.8 Å². The molecule has 1 atom stereocenters. The molecule has 25 heavy (non-hydrogen) atoms. The van der Waals surface area contributed by atoms with Gasteiger partial charge in [0.1, 0.15) is 5.60 Å². The van der Waals surface area contributed by atoms with Crippen molar-refractivity contribution in [1.82, 2.24) is 15.1 Å². The highest BCUT2D eigenvalue weighted by molar-refractivity contribution is 5.82. The lowest BCUT2D eigenvalue weighted by Gasteiger charge is -2.39. The van der Waals surface area contributed by atoms with Gasteiger partial charge in [-0.3, -0.25) is 4.99 Å². The molecule has 6 heteroatoms. The van der Waals surface area contributed by atoms with Gasteiger partial charge >= 0.3 is 6.09 Å². The van der Waals surface area contributed by atoms with Crippen molar-refractivity contribution < 1.29 is 9.53 Å². The van der Waals surface area contributed by atoms with Crippen LogP contribution in [0.15, 0.2) is 29.3 Å². The number of aliphatic imine (C=N–C) groups is 1. The molecule has 0 aromatic heterocycles. The minimum absolute atomic E-state index is 0.228. The first kappa shape index (κ1) is 17.6. The maximum absolute atomic E-state index is 12.3. The number of piperazine rings is 1. The maximum Gasteiger partial charge on any atom is 0.410 e. The van der Waals surface area contributed by atoms with E-state index in [0.717, 1.165) is 25.6 Å². The summed E-state index contributed by atoms with van der Waals surface area (Å²) in [5.41, 5.74) is 2.10. The first-order chi connectivity index (χ1) is 11.8. The fraction of sp³-hybridized carbons (Fsp3) is 0.579. The number of guanidine groups is 1. The van der Waals surface area contributed by atoms with Gasteiger partial charge in [0.25, 0.3) is 0 Å². The SMILES string of the molecule is Cc1ccccc1CNC1=NCC2CN(C(=O)OC(C)(C)C)CCN12. The van der Waals surface area contributed by atoms with Gasteiger partial charge in [-0.1, -0.05) is 24.3 Å². The number of benzene rings is 1. The molecular weight excluding hydrogens is 316 g/mol. The van der Waals surface area contributed by atoms with Gasteiger partial charge in [-0.25, -0.2) is 4.79 Å². The standard InChI is InChI=1S/C19H28N4O2/c1-14-7-5-6-8-15(14)11-20-17-21-12-16-13-22(9-10-23(16)17)18(24)25-19(2,3)4/h5-8,16H,9-13H2,1-4H3,(H,20,21). The molecule has 3 rings (SSSR count). The fourth-order valence-corrected chi connectivity index (χ4v) is 3.21. The first-order valence-electron chi connectivity index (χ1n) is 8.91. The molecule has 0 bridgehead atoms. The highest BCUT2D eigenvalue weighted by Crippen LogP contribution is 2.19. The molecule has 1 unspecified atom stereocenters. The lowest BCUT2D eigenvalue weighted by atomic mass is 10.1. The maximum atomic E-state index is 12.3. The van der Waals surface area contributed by atoms with Crippen molar-refractivity contribution in [3.8, 4) is 0 Å². The number of carbonyl (C=O) groups excluding carboxylic acids is 1. The number of fused-ring (bicyclic) bond motifs is 1. The van der Waals surface area contributed by atoms with E-state index in [1.54, 1.807) is 4.90 Å². The van der Waals surface area contributed by atoms with Gasteiger partial charge in [-0.15, -0.1) is 0 Å². The quantitative estimate of drug-likeness (QED) is 0.895. The molecule has 2 aliphatic rings. The molecule has 0 aliphatic carbocycles. The van der Waals surface area contributed by atoms with Gasteiger partial charge in [0.05, 0.1) is 12.6 Å². The van der Waals surface area contributed by atoms with E-state index in [0.29, 0.717) is 13.1 Å². The number of amides is 1. The lowest BCUT2D eigenvalue weighted by Crippen LogP contribution is -2.57. The minimum Gasteiger partial charge on any atom is -0.444 e. The second kappa shape index (κ2) is 6.94. The number of nitrogens with zero attached hydrogens (tertiary/aromatic N) is 3. The van der Waals surface area contributed by atoms with Crippen LogP contribution in [-0.2, 0) is 11.3 Å². The predicted octanol–water partition coefficient (Wildman–Crippen LogP) is 2.38. The molecule has 2 aliphatic heterocycles. The number of aryl methyl sites for hydroxylation is 1. The zero-order valence-electron chi connectivity index (χ0n) is 15.6. The van der Waals surface area contributed by atoms with Gasteiger partial charge in [0.15, 0.2) is 5.96 Å². The van der Waals surface area contributed by atoms with Crippen LogP contribution < -0.4 is 5.32 Å². The van der Waals surface area contributed by atoms with E-state index in [4.69, 9.17) is 4.74 Å². The van der Waals surface area contributed by atoms with Crippen LogP contribution in [0.5, 0.6) is 0 Å². The summed E-state index contributed by atoms with van der Waals surface area (Å²) in [4.78, 5) is 21.0. The summed E-state index contributed by atoms with van der Waals surface area (Å²) in [7, 11) is 0. The monoisotopic (exact) mass is 344 g/mol. The van der Waals surface area contributed by atoms with E-state index in [2.05, 4.69) is 46.4 Å². The van der Waals surface area contributed by atoms with Crippen LogP contribution in [0.3, 0.4) is 0 Å². The molecule has 6 nitrogen and oxygen atoms in total. The Hall–Kier alpha value is -2.24. The zero-order chi connectivity index (χ0) is 18.0. The molecule has 0 radical (unpaired) electrons. The molecule has 1 N–H and O–H groups in total. The van der Waals surface area contributed by atoms with Crippen LogP contribution in [-0.4, -0.2) is 59.7 Å². The molecule has 1 aromatic rings. The molecule has 1 saturated heterocycles. The van der Waals surface area contributed by atoms with Gasteiger partial charge in [0, 0.05) is 26.2 Å². The Morgan fingerprint density at radius 1 is 1.32 bits per heavy atom. The van der Waals surface area contributed by atoms with Gasteiger partial charge in [-0.2, -0.15) is 0 Å². The molecule has 2 heterocycles. The van der Waals surface area contributed by atoms with Crippen LogP contribution in [0.1, 0.15) is 31.9 Å². The highest BCUT2D eigenvalue weighted by atomic mass is 16.6. The molecule has 1 amide bonds. The molecule has 136 valence electrons. The second-order valence-corrected chi connectivity index (χ2v) is 7.72. The third kappa shape index (κ3) is 4.24. The molecular formula is C19H28N4O2. The van der Waals surface area contributed by atoms with E-state index in [1.165, 1.54) is 11.1 Å². The van der Waals surface area contributed by atoms with Crippen molar-refractivity contribution in [1.29, 1.82) is 0 Å². The molecule has 1 fully saturated rings. The first-order valence-corrected chi connectivity index (χ1v) is 8.91. The van der Waals surface area contributed by atoms with Crippen molar-refractivity contribution in [3.63, 3.8) is 0 Å². The summed E-state index contributed by atoms with van der Waals surface area (Å²) in [5.74, 6) is 0.942. The summed E-state index contributed by atoms with van der Waals surface area (Å²) in [6, 6.07) is 8.60. The average molecular weight is 344 g/mol. The number of hydrogen-bond acceptors (Lipinski definition) is 5. The van der Waals surface area contributed by atoms with Crippen molar-refractivity contribution in [3.05, 3.63) is 35.4 Å². The summed E-state index contributed by atoms with van der Waals surface area (Å²) in [6.45, 7) is 11.4. The number of ether oxygens (including phenoxy) is 1. The van der Waals surface area contributed by atoms with Crippen molar-refractivity contribution >= 4 is 12.1 Å². The molecule has 0 saturated carbocycles. The smallest absolute Gasteiger partial charge is 0.410 e. The second-order valence-electron chi connectivity index (χ2n) is 7.72. The molecule has 0 spiro atoms. The summed E-state index contributed by atoms with van der Waals surface area (Å²) >= 11 is 0. The Morgan fingerprint density at radius 3 is 2.80 bits per heavy atom. The van der Waals surface area contributed by atoms with Crippen LogP contribution in [0.4, 0.5) is 4.79 Å². The topological polar surface area (TPSA) is 57.2 Å². The van der Waals surface area contributed by atoms with E-state index in [-0.39, 0.29) is 12.1 Å². The number of nitrogens with one attached hydrogen (secondary N) is 1. The summed E-state index contributed by atoms with van der Waals surface area (Å²) < 4.78 is 5.49. The Balaban J connectivity index is 1.54. The Morgan fingerprint density at radius 2 is 2.08 bits per heavy atom. The van der Waals surface area contributed by atoms with Crippen LogP contribution in [0.25, 0.3) is 0 Å². The van der Waals surface area contributed by atoms with Crippen molar-refractivity contribution in [2.24, 2.45) is 4.99 Å². The van der Waals surface area contributed by atoms with Gasteiger partial charge in [-0.05, 0) is 38.8 Å². The summed E-state index contributed by atoms with van der Waals surface area (Å²) in [5, 5.41) is 3.46. The van der Waals surface area contributed by atoms with Crippen LogP contribution in [0.2, 0.25) is 0 Å². The van der Waals surface area contributed by atoms with E-state index < -0.39 is 5.60 Å². The fourth-order valence-electron chi connectivity index (χ4n) is 3.21. The van der Waals surface area contributed by atoms with Crippen LogP contribution >= 0.6 is 0 Å². The Labute approximate surface area is 149 Å². The largest absolute Gasteiger partial charge is 0.444 e. The lowest BCUT2D eigenvalue weighted by molar-refractivity contribution is 0.0137. The number of hydrogen-bond donors (Lipinski definition) is 1. The number of carbonyl (C=O) groups is 1. The predicted molar refractivity (Wildman–Crippen MR) is 98.6 cm³/mol. The average Bonchev–Trinajstić information content (AvgIpc) is 2.95. The van der Waals surface area contributed by atoms with E-state index >= 15 is 0 Å². The zero-order valence-corrected chi connectivity index (χ0v) is 15.6. The minimum atomic E-state index is -0.458. The normalized spacial score (nSPS) is 20.2. The highest BCUT2D eigenvalue weighted by Gasteiger charge is 2.36. The third-order valence-electron chi connectivity index (χ3n) is 4.56. The number of rotatable bonds is 2. The van der Waals surface area contributed by atoms with E-state index in [9.17, 15) is 4.79 Å². The Kier molecular flexibility index (Phi) is 4.88. The summed E-state index contributed by atoms with van der Waals surface area (Å²) in [6.07, 6.45) is -0.228. The van der Waals surface area contributed by atoms with Gasteiger partial charge in [0.2, 0.25) is 0 Å². The Bertz CT molecular complexity index is 666. The van der Waals surface area contributed by atoms with Crippen molar-refractivity contribution in [2.75, 3.05) is 26.2 Å².